The molecule has 0 aliphatic carbocycles. The summed E-state index contributed by atoms with van der Waals surface area (Å²) in [6.45, 7) is 1.20. The minimum absolute atomic E-state index is 0.163. The zero-order valence-electron chi connectivity index (χ0n) is 19.6. The first-order valence-corrected chi connectivity index (χ1v) is 13.0. The molecule has 0 spiro atoms. The molecule has 0 bridgehead atoms. The van der Waals surface area contributed by atoms with Crippen LogP contribution in [0.3, 0.4) is 0 Å². The third-order valence-corrected chi connectivity index (χ3v) is 7.48. The van der Waals surface area contributed by atoms with Crippen molar-refractivity contribution < 1.29 is 40.6 Å². The Kier molecular flexibility index (Phi) is 8.74. The second-order valence-electron chi connectivity index (χ2n) is 8.09. The molecule has 1 aromatic heterocycles. The van der Waals surface area contributed by atoms with Crippen molar-refractivity contribution in [2.75, 3.05) is 26.3 Å². The van der Waals surface area contributed by atoms with E-state index >= 15 is 0 Å². The van der Waals surface area contributed by atoms with Gasteiger partial charge in [0.25, 0.3) is 0 Å². The Hall–Kier alpha value is -2.96. The van der Waals surface area contributed by atoms with Crippen LogP contribution in [0.2, 0.25) is 0 Å². The number of amides is 1. The number of para-hydroxylation sites is 1. The van der Waals surface area contributed by atoms with E-state index in [2.05, 4.69) is 0 Å². The highest BCUT2D eigenvalue weighted by atomic mass is 32.2. The van der Waals surface area contributed by atoms with E-state index in [9.17, 15) is 31.1 Å². The summed E-state index contributed by atoms with van der Waals surface area (Å²) in [6.07, 6.45) is -9.02. The van der Waals surface area contributed by atoms with Gasteiger partial charge in [-0.05, 0) is 41.3 Å². The number of carbonyl (C=O) groups is 1. The van der Waals surface area contributed by atoms with E-state index in [4.69, 9.17) is 9.47 Å². The number of morpholine rings is 1. The summed E-state index contributed by atoms with van der Waals surface area (Å²) in [4.78, 5) is 14.2. The third-order valence-electron chi connectivity index (χ3n) is 5.51. The fourth-order valence-electron chi connectivity index (χ4n) is 3.78. The Morgan fingerprint density at radius 3 is 2.32 bits per heavy atom. The standard InChI is InChI=1S/C26H21F6NO3S2/c27-25(28,29)23-17(8-10-22(34)33-11-13-35-14-12-33)7-9-21(24(23)26(30,31)32)38-20-6-2-1-5-19(20)36-16-18-4-3-15-37-18/h1-10,15H,11-14,16H2/b10-8+. The predicted molar refractivity (Wildman–Crippen MR) is 132 cm³/mol. The van der Waals surface area contributed by atoms with E-state index < -0.39 is 39.8 Å². The normalized spacial score (nSPS) is 14.7. The smallest absolute Gasteiger partial charge is 0.418 e. The zero-order valence-corrected chi connectivity index (χ0v) is 21.3. The number of alkyl halides is 6. The summed E-state index contributed by atoms with van der Waals surface area (Å²) in [5.74, 6) is -0.363. The topological polar surface area (TPSA) is 38.8 Å². The van der Waals surface area contributed by atoms with Gasteiger partial charge in [0.2, 0.25) is 5.91 Å². The summed E-state index contributed by atoms with van der Waals surface area (Å²) >= 11 is 1.97. The largest absolute Gasteiger partial charge is 0.487 e. The second-order valence-corrected chi connectivity index (χ2v) is 10.2. The van der Waals surface area contributed by atoms with Gasteiger partial charge in [0.05, 0.1) is 29.2 Å². The van der Waals surface area contributed by atoms with Crippen LogP contribution in [0.4, 0.5) is 26.3 Å². The molecular weight excluding hydrogens is 552 g/mol. The molecule has 2 heterocycles. The van der Waals surface area contributed by atoms with Crippen LogP contribution in [-0.2, 0) is 28.5 Å². The lowest BCUT2D eigenvalue weighted by molar-refractivity contribution is -0.163. The van der Waals surface area contributed by atoms with Crippen molar-refractivity contribution in [2.24, 2.45) is 0 Å². The fraction of sp³-hybridized carbons (Fsp3) is 0.269. The molecule has 12 heteroatoms. The number of halogens is 6. The van der Waals surface area contributed by atoms with Crippen molar-refractivity contribution in [1.82, 2.24) is 4.90 Å². The van der Waals surface area contributed by atoms with Gasteiger partial charge in [0.1, 0.15) is 12.4 Å². The highest BCUT2D eigenvalue weighted by Gasteiger charge is 2.46. The summed E-state index contributed by atoms with van der Waals surface area (Å²) < 4.78 is 95.8. The average molecular weight is 574 g/mol. The number of rotatable bonds is 7. The number of thiophene rings is 1. The van der Waals surface area contributed by atoms with Crippen molar-refractivity contribution in [3.8, 4) is 5.75 Å². The van der Waals surface area contributed by atoms with Gasteiger partial charge < -0.3 is 14.4 Å². The SMILES string of the molecule is O=C(/C=C/c1ccc(Sc2ccccc2OCc2cccs2)c(C(F)(F)F)c1C(F)(F)F)N1CCOCC1. The molecule has 1 fully saturated rings. The molecule has 38 heavy (non-hydrogen) atoms. The number of ether oxygens (including phenoxy) is 2. The molecule has 4 rings (SSSR count). The van der Waals surface area contributed by atoms with Crippen LogP contribution in [0.1, 0.15) is 21.6 Å². The third kappa shape index (κ3) is 6.91. The van der Waals surface area contributed by atoms with Crippen LogP contribution in [0.15, 0.2) is 69.8 Å². The van der Waals surface area contributed by atoms with E-state index in [1.54, 1.807) is 18.2 Å². The number of benzene rings is 2. The van der Waals surface area contributed by atoms with Gasteiger partial charge in [0.15, 0.2) is 0 Å². The van der Waals surface area contributed by atoms with Crippen molar-refractivity contribution >= 4 is 35.1 Å². The Morgan fingerprint density at radius 2 is 1.66 bits per heavy atom. The van der Waals surface area contributed by atoms with Gasteiger partial charge >= 0.3 is 12.4 Å². The van der Waals surface area contributed by atoms with Gasteiger partial charge in [-0.1, -0.05) is 36.0 Å². The number of hydrogen-bond acceptors (Lipinski definition) is 5. The lowest BCUT2D eigenvalue weighted by atomic mass is 9.99. The summed E-state index contributed by atoms with van der Waals surface area (Å²) in [5.41, 5.74) is -4.42. The second kappa shape index (κ2) is 11.8. The van der Waals surface area contributed by atoms with Gasteiger partial charge in [0, 0.05) is 28.9 Å². The summed E-state index contributed by atoms with van der Waals surface area (Å²) in [5, 5.41) is 1.85. The molecule has 1 saturated heterocycles. The number of carbonyl (C=O) groups excluding carboxylic acids is 1. The molecule has 1 aliphatic heterocycles. The van der Waals surface area contributed by atoms with E-state index in [-0.39, 0.29) is 43.6 Å². The number of hydrogen-bond donors (Lipinski definition) is 0. The highest BCUT2D eigenvalue weighted by Crippen LogP contribution is 2.49. The van der Waals surface area contributed by atoms with E-state index in [1.165, 1.54) is 22.3 Å². The van der Waals surface area contributed by atoms with E-state index in [0.717, 1.165) is 29.2 Å². The molecule has 2 aromatic carbocycles. The monoisotopic (exact) mass is 573 g/mol. The molecule has 202 valence electrons. The Bertz CT molecular complexity index is 1280. The molecule has 4 nitrogen and oxygen atoms in total. The maximum atomic E-state index is 14.2. The van der Waals surface area contributed by atoms with Crippen LogP contribution in [-0.4, -0.2) is 37.1 Å². The Morgan fingerprint density at radius 1 is 0.947 bits per heavy atom. The quantitative estimate of drug-likeness (QED) is 0.218. The van der Waals surface area contributed by atoms with E-state index in [1.807, 2.05) is 17.5 Å². The Balaban J connectivity index is 1.70. The predicted octanol–water partition coefficient (Wildman–Crippen LogP) is 7.39. The zero-order chi connectivity index (χ0) is 27.3. The summed E-state index contributed by atoms with van der Waals surface area (Å²) in [7, 11) is 0. The first-order chi connectivity index (χ1) is 18.0. The Labute approximate surface area is 222 Å². The van der Waals surface area contributed by atoms with Gasteiger partial charge in [-0.2, -0.15) is 26.3 Å². The fourth-order valence-corrected chi connectivity index (χ4v) is 5.46. The number of nitrogens with zero attached hydrogens (tertiary/aromatic N) is 1. The van der Waals surface area contributed by atoms with Gasteiger partial charge in [-0.3, -0.25) is 4.79 Å². The lowest BCUT2D eigenvalue weighted by Crippen LogP contribution is -2.39. The maximum Gasteiger partial charge on any atom is 0.418 e. The molecule has 0 radical (unpaired) electrons. The molecule has 0 saturated carbocycles. The average Bonchev–Trinajstić information content (AvgIpc) is 3.40. The molecule has 0 atom stereocenters. The van der Waals surface area contributed by atoms with Gasteiger partial charge in [-0.25, -0.2) is 0 Å². The van der Waals surface area contributed by atoms with Crippen LogP contribution in [0, 0.1) is 0 Å². The van der Waals surface area contributed by atoms with Crippen molar-refractivity contribution in [2.45, 2.75) is 28.8 Å². The molecule has 0 unspecified atom stereocenters. The highest BCUT2D eigenvalue weighted by molar-refractivity contribution is 7.99. The van der Waals surface area contributed by atoms with Crippen LogP contribution >= 0.6 is 23.1 Å². The van der Waals surface area contributed by atoms with Crippen LogP contribution in [0.5, 0.6) is 5.75 Å². The molecule has 0 N–H and O–H groups in total. The van der Waals surface area contributed by atoms with Crippen molar-refractivity contribution in [1.29, 1.82) is 0 Å². The molecule has 3 aromatic rings. The van der Waals surface area contributed by atoms with Crippen molar-refractivity contribution in [3.63, 3.8) is 0 Å². The van der Waals surface area contributed by atoms with Crippen molar-refractivity contribution in [3.05, 3.63) is 81.6 Å². The molecule has 1 aliphatic rings. The molecule has 1 amide bonds. The van der Waals surface area contributed by atoms with E-state index in [0.29, 0.717) is 11.8 Å². The van der Waals surface area contributed by atoms with Gasteiger partial charge in [-0.15, -0.1) is 11.3 Å². The molecular formula is C26H21F6NO3S2. The summed E-state index contributed by atoms with van der Waals surface area (Å²) in [6, 6.07) is 11.8. The lowest BCUT2D eigenvalue weighted by Gasteiger charge is -2.25. The van der Waals surface area contributed by atoms with Crippen LogP contribution in [0.25, 0.3) is 6.08 Å². The first-order valence-electron chi connectivity index (χ1n) is 11.3. The minimum atomic E-state index is -5.34. The van der Waals surface area contributed by atoms with Crippen LogP contribution < -0.4 is 4.74 Å². The maximum absolute atomic E-state index is 14.2. The first kappa shape index (κ1) is 28.1. The minimum Gasteiger partial charge on any atom is -0.487 e.